The van der Waals surface area contributed by atoms with Gasteiger partial charge in [0.2, 0.25) is 16.9 Å². The second-order valence-corrected chi connectivity index (χ2v) is 8.58. The Balaban J connectivity index is 2.04. The summed E-state index contributed by atoms with van der Waals surface area (Å²) in [6.45, 7) is 5.14. The van der Waals surface area contributed by atoms with E-state index >= 15 is 0 Å². The van der Waals surface area contributed by atoms with Crippen molar-refractivity contribution < 1.29 is 17.7 Å². The number of nitrogens with one attached hydrogen (secondary N) is 2. The number of rotatable bonds is 5. The third-order valence-electron chi connectivity index (χ3n) is 4.07. The number of benzene rings is 1. The maximum Gasteiger partial charge on any atom is 0.417 e. The number of pyridine rings is 1. The Morgan fingerprint density at radius 1 is 1.21 bits per heavy atom. The molecule has 3 rings (SSSR count). The molecule has 1 unspecified atom stereocenters. The number of hydrogen-bond donors (Lipinski definition) is 3. The van der Waals surface area contributed by atoms with Crippen LogP contribution in [-0.4, -0.2) is 30.0 Å². The number of aromatic nitrogens is 4. The number of anilines is 3. The fourth-order valence-corrected chi connectivity index (χ4v) is 3.66. The molecule has 154 valence electrons. The maximum atomic E-state index is 13.8. The molecule has 0 saturated heterocycles. The van der Waals surface area contributed by atoms with Gasteiger partial charge in [-0.05, 0) is 50.1 Å². The first-order valence-electron chi connectivity index (χ1n) is 8.60. The number of hydrogen-bond acceptors (Lipinski definition) is 6. The Bertz CT molecular complexity index is 1000. The first kappa shape index (κ1) is 20.9. The number of nitrogens with two attached hydrogens (primary N) is 1. The van der Waals surface area contributed by atoms with Gasteiger partial charge in [-0.3, -0.25) is 4.98 Å². The van der Waals surface area contributed by atoms with Gasteiger partial charge in [-0.2, -0.15) is 13.2 Å². The molecule has 0 aliphatic heterocycles. The van der Waals surface area contributed by atoms with E-state index in [4.69, 9.17) is 5.73 Å². The fraction of sp³-hybridized carbons (Fsp3) is 0.278. The summed E-state index contributed by atoms with van der Waals surface area (Å²) in [6.07, 6.45) is -3.28. The molecule has 0 amide bonds. The predicted octanol–water partition coefficient (Wildman–Crippen LogP) is 4.04. The lowest BCUT2D eigenvalue weighted by atomic mass is 9.95. The lowest BCUT2D eigenvalue weighted by Gasteiger charge is -2.18. The molecule has 4 N–H and O–H groups in total. The Kier molecular flexibility index (Phi) is 5.71. The minimum Gasteiger partial charge on any atom is -0.610 e. The Morgan fingerprint density at radius 3 is 2.45 bits per heavy atom. The predicted molar refractivity (Wildman–Crippen MR) is 105 cm³/mol. The summed E-state index contributed by atoms with van der Waals surface area (Å²) in [7, 11) is 0. The fourth-order valence-electron chi connectivity index (χ4n) is 2.82. The standard InChI is InChI=1S/C18H19F3N6OS/c1-9(2)29(28)14-5-4-11(8-23-14)15-10(3)6-12(7-13(15)18(19,20)21)24-17-25-16(22)26-27-17/h4-9H,1-3H3,(H4,22,24,25,26,27). The van der Waals surface area contributed by atoms with Crippen molar-refractivity contribution in [1.29, 1.82) is 0 Å². The van der Waals surface area contributed by atoms with Crippen molar-refractivity contribution in [3.8, 4) is 11.1 Å². The van der Waals surface area contributed by atoms with Crippen LogP contribution in [0.2, 0.25) is 0 Å². The summed E-state index contributed by atoms with van der Waals surface area (Å²) in [4.78, 5) is 6.71. The third kappa shape index (κ3) is 4.62. The van der Waals surface area contributed by atoms with Gasteiger partial charge >= 0.3 is 6.18 Å². The lowest BCUT2D eigenvalue weighted by molar-refractivity contribution is -0.137. The van der Waals surface area contributed by atoms with Crippen LogP contribution in [0, 0.1) is 6.92 Å². The molecular weight excluding hydrogens is 405 g/mol. The van der Waals surface area contributed by atoms with E-state index in [2.05, 4.69) is 25.5 Å². The molecule has 11 heteroatoms. The third-order valence-corrected chi connectivity index (χ3v) is 5.58. The Labute approximate surface area is 168 Å². The number of aromatic amines is 1. The molecule has 2 heterocycles. The van der Waals surface area contributed by atoms with Crippen molar-refractivity contribution in [1.82, 2.24) is 20.2 Å². The molecule has 0 saturated carbocycles. The second kappa shape index (κ2) is 7.91. The van der Waals surface area contributed by atoms with E-state index in [1.807, 2.05) is 0 Å². The number of nitrogen functional groups attached to an aromatic ring is 1. The molecule has 0 aliphatic rings. The molecule has 3 aromatic rings. The van der Waals surface area contributed by atoms with Gasteiger partial charge in [0.15, 0.2) is 0 Å². The zero-order valence-corrected chi connectivity index (χ0v) is 16.6. The first-order valence-corrected chi connectivity index (χ1v) is 9.81. The van der Waals surface area contributed by atoms with Gasteiger partial charge in [0, 0.05) is 34.7 Å². The van der Waals surface area contributed by atoms with Crippen LogP contribution in [0.1, 0.15) is 25.0 Å². The van der Waals surface area contributed by atoms with Crippen molar-refractivity contribution in [3.63, 3.8) is 0 Å². The average Bonchev–Trinajstić information content (AvgIpc) is 3.04. The largest absolute Gasteiger partial charge is 0.610 e. The van der Waals surface area contributed by atoms with Crippen molar-refractivity contribution in [2.24, 2.45) is 0 Å². The summed E-state index contributed by atoms with van der Waals surface area (Å²) >= 11 is -1.32. The molecule has 1 aromatic carbocycles. The van der Waals surface area contributed by atoms with Gasteiger partial charge in [-0.15, -0.1) is 10.2 Å². The van der Waals surface area contributed by atoms with Crippen LogP contribution in [0.4, 0.5) is 30.8 Å². The Hall–Kier alpha value is -2.79. The van der Waals surface area contributed by atoms with Crippen LogP contribution >= 0.6 is 0 Å². The monoisotopic (exact) mass is 424 g/mol. The normalized spacial score (nSPS) is 13.0. The maximum absolute atomic E-state index is 13.8. The zero-order chi connectivity index (χ0) is 21.3. The molecule has 0 radical (unpaired) electrons. The van der Waals surface area contributed by atoms with Crippen LogP contribution in [-0.2, 0) is 17.4 Å². The van der Waals surface area contributed by atoms with Crippen LogP contribution in [0.25, 0.3) is 11.1 Å². The van der Waals surface area contributed by atoms with E-state index in [1.54, 1.807) is 26.8 Å². The highest BCUT2D eigenvalue weighted by Gasteiger charge is 2.35. The van der Waals surface area contributed by atoms with E-state index in [0.717, 1.165) is 6.07 Å². The molecule has 29 heavy (non-hydrogen) atoms. The van der Waals surface area contributed by atoms with Gasteiger partial charge < -0.3 is 15.6 Å². The summed E-state index contributed by atoms with van der Waals surface area (Å²) in [6, 6.07) is 5.55. The van der Waals surface area contributed by atoms with Gasteiger partial charge in [0.25, 0.3) is 0 Å². The number of aryl methyl sites for hydroxylation is 1. The van der Waals surface area contributed by atoms with Crippen LogP contribution in [0.5, 0.6) is 0 Å². The average molecular weight is 424 g/mol. The second-order valence-electron chi connectivity index (χ2n) is 6.63. The van der Waals surface area contributed by atoms with Gasteiger partial charge in [0.1, 0.15) is 5.25 Å². The zero-order valence-electron chi connectivity index (χ0n) is 15.8. The van der Waals surface area contributed by atoms with Crippen molar-refractivity contribution in [3.05, 3.63) is 41.6 Å². The highest BCUT2D eigenvalue weighted by atomic mass is 32.2. The number of nitrogens with zero attached hydrogens (tertiary/aromatic N) is 3. The van der Waals surface area contributed by atoms with E-state index in [-0.39, 0.29) is 34.0 Å². The first-order chi connectivity index (χ1) is 13.6. The van der Waals surface area contributed by atoms with Crippen molar-refractivity contribution in [2.75, 3.05) is 11.1 Å². The van der Waals surface area contributed by atoms with Crippen LogP contribution < -0.4 is 11.1 Å². The van der Waals surface area contributed by atoms with Crippen molar-refractivity contribution >= 4 is 28.8 Å². The minimum absolute atomic E-state index is 0.00881. The quantitative estimate of drug-likeness (QED) is 0.533. The van der Waals surface area contributed by atoms with Crippen molar-refractivity contribution in [2.45, 2.75) is 37.2 Å². The topological polar surface area (TPSA) is 116 Å². The molecule has 0 fully saturated rings. The van der Waals surface area contributed by atoms with Gasteiger partial charge in [-0.25, -0.2) is 4.98 Å². The molecule has 2 aromatic heterocycles. The SMILES string of the molecule is Cc1cc(Nc2nnc(N)[nH]2)cc(C(F)(F)F)c1-c1ccc([S+]([O-])C(C)C)nc1. The summed E-state index contributed by atoms with van der Waals surface area (Å²) in [5, 5.41) is 10.2. The van der Waals surface area contributed by atoms with Crippen LogP contribution in [0.3, 0.4) is 0 Å². The molecule has 7 nitrogen and oxygen atoms in total. The van der Waals surface area contributed by atoms with Gasteiger partial charge in [0.05, 0.1) is 5.56 Å². The van der Waals surface area contributed by atoms with E-state index in [0.29, 0.717) is 10.6 Å². The van der Waals surface area contributed by atoms with E-state index in [1.165, 1.54) is 18.3 Å². The number of H-pyrrole nitrogens is 1. The number of halogens is 3. The Morgan fingerprint density at radius 2 is 1.93 bits per heavy atom. The molecule has 0 spiro atoms. The summed E-state index contributed by atoms with van der Waals surface area (Å²) < 4.78 is 53.5. The highest BCUT2D eigenvalue weighted by molar-refractivity contribution is 7.91. The minimum atomic E-state index is -4.60. The number of alkyl halides is 3. The smallest absolute Gasteiger partial charge is 0.417 e. The molecule has 1 atom stereocenters. The highest BCUT2D eigenvalue weighted by Crippen LogP contribution is 2.41. The molecule has 0 bridgehead atoms. The van der Waals surface area contributed by atoms with Crippen LogP contribution in [0.15, 0.2) is 35.5 Å². The lowest BCUT2D eigenvalue weighted by Crippen LogP contribution is -2.15. The molecule has 0 aliphatic carbocycles. The van der Waals surface area contributed by atoms with E-state index in [9.17, 15) is 17.7 Å². The summed E-state index contributed by atoms with van der Waals surface area (Å²) in [5.74, 6) is 0.173. The van der Waals surface area contributed by atoms with Gasteiger partial charge in [-0.1, -0.05) is 0 Å². The van der Waals surface area contributed by atoms with E-state index < -0.39 is 22.9 Å². The summed E-state index contributed by atoms with van der Waals surface area (Å²) in [5.41, 5.74) is 5.47. The molecular formula is C18H19F3N6OS.